The summed E-state index contributed by atoms with van der Waals surface area (Å²) in [6.45, 7) is 13.2. The van der Waals surface area contributed by atoms with Crippen molar-refractivity contribution in [1.29, 1.82) is 0 Å². The van der Waals surface area contributed by atoms with E-state index in [0.717, 1.165) is 34.2 Å². The SMILES string of the molecule is CC1(C)c2cccc(n2)C(C)(C)c2cccc(n2)C(C)(C)c2cccc1n2. The lowest BCUT2D eigenvalue weighted by molar-refractivity contribution is 0.522. The molecule has 4 heterocycles. The van der Waals surface area contributed by atoms with Gasteiger partial charge in [-0.05, 0) is 77.9 Å². The Morgan fingerprint density at radius 3 is 0.778 bits per heavy atom. The normalized spacial score (nSPS) is 18.9. The minimum Gasteiger partial charge on any atom is -0.256 e. The van der Waals surface area contributed by atoms with Crippen molar-refractivity contribution in [3.63, 3.8) is 0 Å². The molecule has 3 aromatic heterocycles. The van der Waals surface area contributed by atoms with Crippen LogP contribution in [0, 0.1) is 0 Å². The summed E-state index contributed by atoms with van der Waals surface area (Å²) in [5, 5.41) is 0. The van der Waals surface area contributed by atoms with Crippen LogP contribution < -0.4 is 0 Å². The Hall–Kier alpha value is -2.55. The number of rotatable bonds is 0. The molecule has 0 N–H and O–H groups in total. The first-order chi connectivity index (χ1) is 12.6. The van der Waals surface area contributed by atoms with Crippen molar-refractivity contribution < 1.29 is 0 Å². The van der Waals surface area contributed by atoms with Crippen molar-refractivity contribution in [2.24, 2.45) is 0 Å². The first-order valence-corrected chi connectivity index (χ1v) is 9.57. The lowest BCUT2D eigenvalue weighted by Gasteiger charge is -2.32. The number of fused-ring (bicyclic) bond motifs is 6. The molecule has 0 fully saturated rings. The number of aromatic nitrogens is 3. The lowest BCUT2D eigenvalue weighted by atomic mass is 9.78. The zero-order valence-corrected chi connectivity index (χ0v) is 17.0. The van der Waals surface area contributed by atoms with Gasteiger partial charge >= 0.3 is 0 Å². The van der Waals surface area contributed by atoms with Crippen LogP contribution in [0.4, 0.5) is 0 Å². The molecular weight excluding hydrogens is 330 g/mol. The molecule has 27 heavy (non-hydrogen) atoms. The molecule has 0 radical (unpaired) electrons. The van der Waals surface area contributed by atoms with Gasteiger partial charge in [-0.1, -0.05) is 18.2 Å². The average Bonchev–Trinajstić information content (AvgIpc) is 2.67. The molecular formula is C24H27N3. The standard InChI is InChI=1S/C24H27N3/c1-22(2)16-10-7-12-18(25-16)23(3,4)20-14-9-15-21(27-20)24(5,6)19-13-8-11-17(22)26-19/h7-15H,1-6H3. The van der Waals surface area contributed by atoms with Gasteiger partial charge in [0.2, 0.25) is 0 Å². The summed E-state index contributed by atoms with van der Waals surface area (Å²) in [5.41, 5.74) is 5.37. The third-order valence-electron chi connectivity index (χ3n) is 6.09. The molecule has 0 saturated heterocycles. The van der Waals surface area contributed by atoms with Gasteiger partial charge < -0.3 is 0 Å². The summed E-state index contributed by atoms with van der Waals surface area (Å²) < 4.78 is 0. The van der Waals surface area contributed by atoms with Crippen molar-refractivity contribution in [2.45, 2.75) is 57.8 Å². The van der Waals surface area contributed by atoms with E-state index < -0.39 is 0 Å². The van der Waals surface area contributed by atoms with Crippen LogP contribution in [0.5, 0.6) is 0 Å². The van der Waals surface area contributed by atoms with Crippen LogP contribution in [0.2, 0.25) is 0 Å². The highest BCUT2D eigenvalue weighted by atomic mass is 14.9. The molecule has 4 rings (SSSR count). The van der Waals surface area contributed by atoms with Gasteiger partial charge in [-0.15, -0.1) is 0 Å². The Morgan fingerprint density at radius 2 is 0.593 bits per heavy atom. The summed E-state index contributed by atoms with van der Waals surface area (Å²) >= 11 is 0. The zero-order chi connectivity index (χ0) is 19.4. The molecule has 0 atom stereocenters. The summed E-state index contributed by atoms with van der Waals surface area (Å²) in [4.78, 5) is 15.2. The van der Waals surface area contributed by atoms with E-state index in [9.17, 15) is 0 Å². The van der Waals surface area contributed by atoms with Gasteiger partial charge in [-0.2, -0.15) is 0 Å². The number of hydrogen-bond acceptors (Lipinski definition) is 3. The van der Waals surface area contributed by atoms with E-state index in [-0.39, 0.29) is 16.2 Å². The summed E-state index contributed by atoms with van der Waals surface area (Å²) in [7, 11) is 0. The maximum absolute atomic E-state index is 5.07. The predicted octanol–water partition coefficient (Wildman–Crippen LogP) is 5.16. The van der Waals surface area contributed by atoms with E-state index >= 15 is 0 Å². The van der Waals surface area contributed by atoms with Gasteiger partial charge in [0.1, 0.15) is 0 Å². The second-order valence-electron chi connectivity index (χ2n) is 9.10. The highest BCUT2D eigenvalue weighted by Crippen LogP contribution is 2.37. The monoisotopic (exact) mass is 357 g/mol. The third kappa shape index (κ3) is 2.68. The van der Waals surface area contributed by atoms with E-state index in [4.69, 9.17) is 15.0 Å². The second kappa shape index (κ2) is 5.72. The van der Waals surface area contributed by atoms with E-state index in [1.807, 2.05) is 0 Å². The molecule has 0 amide bonds. The lowest BCUT2D eigenvalue weighted by Crippen LogP contribution is -2.31. The Morgan fingerprint density at radius 1 is 0.407 bits per heavy atom. The molecule has 0 spiro atoms. The zero-order valence-electron chi connectivity index (χ0n) is 17.0. The molecule has 3 nitrogen and oxygen atoms in total. The molecule has 0 aliphatic carbocycles. The van der Waals surface area contributed by atoms with Crippen LogP contribution in [0.3, 0.4) is 0 Å². The highest BCUT2D eigenvalue weighted by Gasteiger charge is 2.35. The van der Waals surface area contributed by atoms with Crippen LogP contribution in [-0.2, 0) is 16.2 Å². The predicted molar refractivity (Wildman–Crippen MR) is 109 cm³/mol. The molecule has 1 aliphatic rings. The van der Waals surface area contributed by atoms with Crippen LogP contribution in [-0.4, -0.2) is 15.0 Å². The third-order valence-corrected chi connectivity index (χ3v) is 6.09. The summed E-state index contributed by atoms with van der Waals surface area (Å²) in [5.74, 6) is 0. The van der Waals surface area contributed by atoms with Crippen LogP contribution in [0.1, 0.15) is 75.7 Å². The van der Waals surface area contributed by atoms with Gasteiger partial charge in [-0.3, -0.25) is 15.0 Å². The fourth-order valence-electron chi connectivity index (χ4n) is 3.79. The summed E-state index contributed by atoms with van der Waals surface area (Å²) in [6.07, 6.45) is 0. The van der Waals surface area contributed by atoms with Crippen molar-refractivity contribution in [3.05, 3.63) is 88.8 Å². The largest absolute Gasteiger partial charge is 0.256 e. The van der Waals surface area contributed by atoms with Gasteiger partial charge in [0.05, 0.1) is 34.2 Å². The van der Waals surface area contributed by atoms with E-state index in [0.29, 0.717) is 0 Å². The minimum atomic E-state index is -0.279. The molecule has 0 unspecified atom stereocenters. The molecule has 138 valence electrons. The average molecular weight is 358 g/mol. The quantitative estimate of drug-likeness (QED) is 0.557. The number of nitrogens with zero attached hydrogens (tertiary/aromatic N) is 3. The van der Waals surface area contributed by atoms with Crippen molar-refractivity contribution in [1.82, 2.24) is 15.0 Å². The van der Waals surface area contributed by atoms with E-state index in [1.165, 1.54) is 0 Å². The maximum atomic E-state index is 5.07. The fourth-order valence-corrected chi connectivity index (χ4v) is 3.79. The Kier molecular flexibility index (Phi) is 3.78. The van der Waals surface area contributed by atoms with Gasteiger partial charge in [0.25, 0.3) is 0 Å². The Labute approximate surface area is 161 Å². The van der Waals surface area contributed by atoms with E-state index in [1.54, 1.807) is 0 Å². The molecule has 0 aromatic carbocycles. The van der Waals surface area contributed by atoms with Crippen LogP contribution in [0.15, 0.2) is 54.6 Å². The van der Waals surface area contributed by atoms with Crippen molar-refractivity contribution >= 4 is 0 Å². The molecule has 0 saturated carbocycles. The highest BCUT2D eigenvalue weighted by molar-refractivity contribution is 5.39. The van der Waals surface area contributed by atoms with Gasteiger partial charge in [0, 0.05) is 16.2 Å². The fraction of sp³-hybridized carbons (Fsp3) is 0.375. The van der Waals surface area contributed by atoms with Gasteiger partial charge in [0.15, 0.2) is 0 Å². The number of hydrogen-bond donors (Lipinski definition) is 0. The number of pyridine rings is 3. The molecule has 6 bridgehead atoms. The smallest absolute Gasteiger partial charge is 0.0523 e. The minimum absolute atomic E-state index is 0.279. The maximum Gasteiger partial charge on any atom is 0.0523 e. The topological polar surface area (TPSA) is 38.7 Å². The summed E-state index contributed by atoms with van der Waals surface area (Å²) in [6, 6.07) is 18.9. The molecule has 3 aromatic rings. The first-order valence-electron chi connectivity index (χ1n) is 9.57. The molecule has 1 aliphatic heterocycles. The van der Waals surface area contributed by atoms with E-state index in [2.05, 4.69) is 96.1 Å². The van der Waals surface area contributed by atoms with Crippen molar-refractivity contribution in [3.8, 4) is 0 Å². The Bertz CT molecular complexity index is 820. The first kappa shape index (κ1) is 17.8. The van der Waals surface area contributed by atoms with Crippen molar-refractivity contribution in [2.75, 3.05) is 0 Å². The van der Waals surface area contributed by atoms with Crippen LogP contribution >= 0.6 is 0 Å². The van der Waals surface area contributed by atoms with Crippen LogP contribution in [0.25, 0.3) is 0 Å². The molecule has 3 heteroatoms. The van der Waals surface area contributed by atoms with Gasteiger partial charge in [-0.25, -0.2) is 0 Å². The second-order valence-corrected chi connectivity index (χ2v) is 9.10. The Balaban J connectivity index is 2.10.